The lowest BCUT2D eigenvalue weighted by atomic mass is 10.0. The van der Waals surface area contributed by atoms with Gasteiger partial charge in [-0.05, 0) is 66.4 Å². The fraction of sp³-hybridized carbons (Fsp3) is 0.300. The van der Waals surface area contributed by atoms with Crippen LogP contribution in [-0.4, -0.2) is 55.7 Å². The number of nitrogens with one attached hydrogen (secondary N) is 3. The van der Waals surface area contributed by atoms with Crippen molar-refractivity contribution in [3.63, 3.8) is 0 Å². The third kappa shape index (κ3) is 8.12. The molecule has 0 spiro atoms. The zero-order valence-electron chi connectivity index (χ0n) is 22.3. The third-order valence-electron chi connectivity index (χ3n) is 6.65. The summed E-state index contributed by atoms with van der Waals surface area (Å²) in [4.78, 5) is 29.5. The fourth-order valence-electron chi connectivity index (χ4n) is 4.64. The van der Waals surface area contributed by atoms with E-state index in [4.69, 9.17) is 23.2 Å². The second-order valence-electron chi connectivity index (χ2n) is 9.67. The van der Waals surface area contributed by atoms with Crippen molar-refractivity contribution in [1.29, 1.82) is 5.26 Å². The van der Waals surface area contributed by atoms with E-state index in [0.717, 1.165) is 36.2 Å². The Morgan fingerprint density at radius 1 is 1.05 bits per heavy atom. The van der Waals surface area contributed by atoms with Gasteiger partial charge in [0.1, 0.15) is 0 Å². The standard InChI is InChI=1S/C30H32Cl2N6O2/c1-2-11-34-29(39)35-26-10-12-37(20-26)13-14-38(30(40)36-27-17-24(31)16-25(32)18-27)28-8-6-22(7-9-28)23-5-3-4-21(15-23)19-33/h3-9,15-18,26H,2,10-14,20H2,1H3,(H,36,40)(H2,34,35,39)/t26-/m1/s1. The number of hydrogen-bond donors (Lipinski definition) is 3. The van der Waals surface area contributed by atoms with Gasteiger partial charge in [-0.1, -0.05) is 54.4 Å². The molecule has 1 aliphatic rings. The smallest absolute Gasteiger partial charge is 0.326 e. The van der Waals surface area contributed by atoms with E-state index in [1.54, 1.807) is 29.2 Å². The molecule has 0 radical (unpaired) electrons. The quantitative estimate of drug-likeness (QED) is 0.275. The predicted molar refractivity (Wildman–Crippen MR) is 161 cm³/mol. The van der Waals surface area contributed by atoms with Crippen molar-refractivity contribution >= 4 is 46.6 Å². The molecule has 1 heterocycles. The van der Waals surface area contributed by atoms with Gasteiger partial charge in [0.25, 0.3) is 0 Å². The number of nitrogens with zero attached hydrogens (tertiary/aromatic N) is 3. The van der Waals surface area contributed by atoms with E-state index in [2.05, 4.69) is 26.9 Å². The Morgan fingerprint density at radius 2 is 1.80 bits per heavy atom. The zero-order valence-corrected chi connectivity index (χ0v) is 23.8. The van der Waals surface area contributed by atoms with Crippen molar-refractivity contribution in [1.82, 2.24) is 15.5 Å². The molecule has 10 heteroatoms. The second kappa shape index (κ2) is 14.0. The molecule has 0 saturated carbocycles. The van der Waals surface area contributed by atoms with Gasteiger partial charge in [0.2, 0.25) is 0 Å². The van der Waals surface area contributed by atoms with Crippen molar-refractivity contribution in [3.8, 4) is 17.2 Å². The maximum absolute atomic E-state index is 13.5. The lowest BCUT2D eigenvalue weighted by molar-refractivity contribution is 0.236. The molecule has 1 atom stereocenters. The van der Waals surface area contributed by atoms with E-state index in [0.29, 0.717) is 47.5 Å². The first-order valence-corrected chi connectivity index (χ1v) is 14.0. The van der Waals surface area contributed by atoms with Crippen LogP contribution in [0.3, 0.4) is 0 Å². The van der Waals surface area contributed by atoms with E-state index < -0.39 is 0 Å². The Morgan fingerprint density at radius 3 is 2.50 bits per heavy atom. The molecular weight excluding hydrogens is 547 g/mol. The number of urea groups is 2. The van der Waals surface area contributed by atoms with Crippen LogP contribution in [0.4, 0.5) is 21.0 Å². The minimum absolute atomic E-state index is 0.0659. The number of benzene rings is 3. The number of rotatable bonds is 9. The summed E-state index contributed by atoms with van der Waals surface area (Å²) in [6.45, 7) is 5.26. The maximum Gasteiger partial charge on any atom is 0.326 e. The summed E-state index contributed by atoms with van der Waals surface area (Å²) in [5, 5.41) is 18.9. The highest BCUT2D eigenvalue weighted by Gasteiger charge is 2.25. The molecule has 4 amide bonds. The summed E-state index contributed by atoms with van der Waals surface area (Å²) >= 11 is 12.3. The first kappa shape index (κ1) is 29.2. The molecule has 1 fully saturated rings. The monoisotopic (exact) mass is 578 g/mol. The van der Waals surface area contributed by atoms with Crippen molar-refractivity contribution in [2.45, 2.75) is 25.8 Å². The van der Waals surface area contributed by atoms with Gasteiger partial charge in [0, 0.05) is 60.2 Å². The first-order chi connectivity index (χ1) is 19.3. The summed E-state index contributed by atoms with van der Waals surface area (Å²) in [6, 6.07) is 21.7. The number of nitriles is 1. The van der Waals surface area contributed by atoms with Crippen LogP contribution in [0.2, 0.25) is 10.0 Å². The minimum Gasteiger partial charge on any atom is -0.338 e. The Kier molecular flexibility index (Phi) is 10.3. The number of carbonyl (C=O) groups is 2. The van der Waals surface area contributed by atoms with E-state index in [-0.39, 0.29) is 18.1 Å². The summed E-state index contributed by atoms with van der Waals surface area (Å²) in [5.74, 6) is 0. The summed E-state index contributed by atoms with van der Waals surface area (Å²) < 4.78 is 0. The number of anilines is 2. The van der Waals surface area contributed by atoms with Crippen LogP contribution in [0.15, 0.2) is 66.7 Å². The molecule has 1 saturated heterocycles. The van der Waals surface area contributed by atoms with E-state index in [1.807, 2.05) is 49.4 Å². The van der Waals surface area contributed by atoms with Crippen molar-refractivity contribution < 1.29 is 9.59 Å². The highest BCUT2D eigenvalue weighted by atomic mass is 35.5. The average molecular weight is 580 g/mol. The van der Waals surface area contributed by atoms with Crippen molar-refractivity contribution in [2.24, 2.45) is 0 Å². The molecular formula is C30H32Cl2N6O2. The second-order valence-corrected chi connectivity index (χ2v) is 10.5. The topological polar surface area (TPSA) is 100 Å². The molecule has 0 aromatic heterocycles. The Hall–Kier alpha value is -3.77. The highest BCUT2D eigenvalue weighted by molar-refractivity contribution is 6.35. The molecule has 8 nitrogen and oxygen atoms in total. The number of halogens is 2. The first-order valence-electron chi connectivity index (χ1n) is 13.3. The largest absolute Gasteiger partial charge is 0.338 e. The molecule has 208 valence electrons. The van der Waals surface area contributed by atoms with Gasteiger partial charge < -0.3 is 16.0 Å². The Balaban J connectivity index is 1.47. The number of hydrogen-bond acceptors (Lipinski definition) is 4. The normalized spacial score (nSPS) is 14.8. The molecule has 3 aromatic carbocycles. The van der Waals surface area contributed by atoms with Crippen LogP contribution in [0.25, 0.3) is 11.1 Å². The SMILES string of the molecule is CCCNC(=O)N[C@@H]1CCN(CCN(C(=O)Nc2cc(Cl)cc(Cl)c2)c2ccc(-c3cccc(C#N)c3)cc2)C1. The summed E-state index contributed by atoms with van der Waals surface area (Å²) in [5.41, 5.74) is 3.68. The molecule has 0 aliphatic carbocycles. The van der Waals surface area contributed by atoms with E-state index in [1.165, 1.54) is 0 Å². The lowest BCUT2D eigenvalue weighted by Gasteiger charge is -2.26. The minimum atomic E-state index is -0.314. The van der Waals surface area contributed by atoms with Crippen molar-refractivity contribution in [2.75, 3.05) is 42.9 Å². The average Bonchev–Trinajstić information content (AvgIpc) is 3.38. The molecule has 40 heavy (non-hydrogen) atoms. The van der Waals surface area contributed by atoms with Crippen LogP contribution in [0, 0.1) is 11.3 Å². The third-order valence-corrected chi connectivity index (χ3v) is 7.08. The van der Waals surface area contributed by atoms with Gasteiger partial charge in [0.15, 0.2) is 0 Å². The van der Waals surface area contributed by atoms with E-state index in [9.17, 15) is 14.9 Å². The molecule has 0 bridgehead atoms. The summed E-state index contributed by atoms with van der Waals surface area (Å²) in [6.07, 6.45) is 1.74. The molecule has 4 rings (SSSR count). The predicted octanol–water partition coefficient (Wildman–Crippen LogP) is 6.35. The number of likely N-dealkylation sites (tertiary alicyclic amines) is 1. The van der Waals surface area contributed by atoms with Crippen molar-refractivity contribution in [3.05, 3.63) is 82.3 Å². The van der Waals surface area contributed by atoms with Crippen LogP contribution in [0.1, 0.15) is 25.3 Å². The number of amides is 4. The maximum atomic E-state index is 13.5. The van der Waals surface area contributed by atoms with Gasteiger partial charge in [-0.25, -0.2) is 9.59 Å². The van der Waals surface area contributed by atoms with Crippen LogP contribution in [0.5, 0.6) is 0 Å². The Labute approximate surface area is 244 Å². The summed E-state index contributed by atoms with van der Waals surface area (Å²) in [7, 11) is 0. The van der Waals surface area contributed by atoms with Gasteiger partial charge in [-0.15, -0.1) is 0 Å². The fourth-order valence-corrected chi connectivity index (χ4v) is 5.16. The van der Waals surface area contributed by atoms with E-state index >= 15 is 0 Å². The van der Waals surface area contributed by atoms with Crippen LogP contribution in [-0.2, 0) is 0 Å². The molecule has 3 aromatic rings. The highest BCUT2D eigenvalue weighted by Crippen LogP contribution is 2.26. The molecule has 0 unspecified atom stereocenters. The zero-order chi connectivity index (χ0) is 28.5. The Bertz CT molecular complexity index is 1360. The van der Waals surface area contributed by atoms with Crippen LogP contribution < -0.4 is 20.9 Å². The van der Waals surface area contributed by atoms with Crippen LogP contribution >= 0.6 is 23.2 Å². The van der Waals surface area contributed by atoms with Gasteiger partial charge in [-0.2, -0.15) is 5.26 Å². The van der Waals surface area contributed by atoms with Gasteiger partial charge in [0.05, 0.1) is 11.6 Å². The van der Waals surface area contributed by atoms with Gasteiger partial charge in [-0.3, -0.25) is 9.80 Å². The van der Waals surface area contributed by atoms with Gasteiger partial charge >= 0.3 is 12.1 Å². The molecule has 1 aliphatic heterocycles. The lowest BCUT2D eigenvalue weighted by Crippen LogP contribution is -2.44. The number of carbonyl (C=O) groups excluding carboxylic acids is 2. The molecule has 3 N–H and O–H groups in total.